The number of carboxylic acids is 1. The highest BCUT2D eigenvalue weighted by Gasteiger charge is 2.18. The lowest BCUT2D eigenvalue weighted by atomic mass is 10.1. The Morgan fingerprint density at radius 2 is 1.92 bits per heavy atom. The average molecular weight is 381 g/mol. The number of rotatable bonds is 7. The van der Waals surface area contributed by atoms with E-state index in [0.717, 1.165) is 22.7 Å². The third kappa shape index (κ3) is 5.98. The van der Waals surface area contributed by atoms with E-state index in [1.165, 1.54) is 0 Å². The van der Waals surface area contributed by atoms with Gasteiger partial charge in [-0.15, -0.1) is 11.8 Å². The number of nitrogens with zero attached hydrogens (tertiary/aromatic N) is 1. The number of aryl methyl sites for hydroxylation is 1. The van der Waals surface area contributed by atoms with Gasteiger partial charge in [-0.1, -0.05) is 26.8 Å². The maximum Gasteiger partial charge on any atom is 0.303 e. The second-order valence-corrected chi connectivity index (χ2v) is 8.57. The summed E-state index contributed by atoms with van der Waals surface area (Å²) in [4.78, 5) is 14.9. The molecule has 1 N–H and O–H groups in total. The third-order valence-corrected chi connectivity index (χ3v) is 4.48. The zero-order valence-corrected chi connectivity index (χ0v) is 15.7. The number of halogens is 2. The minimum atomic E-state index is -1.02. The molecule has 1 aromatic carbocycles. The maximum absolute atomic E-state index is 14.2. The maximum atomic E-state index is 14.2. The van der Waals surface area contributed by atoms with Crippen LogP contribution in [0.3, 0.4) is 0 Å². The summed E-state index contributed by atoms with van der Waals surface area (Å²) in [5, 5.41) is 9.41. The van der Waals surface area contributed by atoms with Crippen molar-refractivity contribution in [2.45, 2.75) is 50.0 Å². The van der Waals surface area contributed by atoms with Crippen LogP contribution in [0, 0.1) is 11.6 Å². The first-order valence-electron chi connectivity index (χ1n) is 8.11. The Balaban J connectivity index is 2.14. The second-order valence-electron chi connectivity index (χ2n) is 6.75. The van der Waals surface area contributed by atoms with Gasteiger partial charge in [-0.25, -0.2) is 13.8 Å². The van der Waals surface area contributed by atoms with E-state index < -0.39 is 23.4 Å². The molecule has 1 heterocycles. The van der Waals surface area contributed by atoms with Gasteiger partial charge in [0.25, 0.3) is 0 Å². The first-order chi connectivity index (χ1) is 12.2. The van der Waals surface area contributed by atoms with E-state index >= 15 is 0 Å². The Labute approximate surface area is 155 Å². The highest BCUT2D eigenvalue weighted by molar-refractivity contribution is 8.00. The zero-order valence-electron chi connectivity index (χ0n) is 14.9. The summed E-state index contributed by atoms with van der Waals surface area (Å²) in [5.41, 5.74) is 1.02. The molecule has 0 aliphatic carbocycles. The van der Waals surface area contributed by atoms with Gasteiger partial charge in [0.05, 0.1) is 0 Å². The molecule has 7 heteroatoms. The predicted molar refractivity (Wildman–Crippen MR) is 96.5 cm³/mol. The Hall–Kier alpha value is -2.15. The molecule has 0 aliphatic rings. The smallest absolute Gasteiger partial charge is 0.303 e. The second kappa shape index (κ2) is 8.49. The number of ether oxygens (including phenoxy) is 1. The van der Waals surface area contributed by atoms with Crippen molar-refractivity contribution in [1.29, 1.82) is 0 Å². The topological polar surface area (TPSA) is 59.4 Å². The Bertz CT molecular complexity index is 768. The van der Waals surface area contributed by atoms with Gasteiger partial charge in [0.2, 0.25) is 0 Å². The van der Waals surface area contributed by atoms with Crippen molar-refractivity contribution in [2.75, 3.05) is 0 Å². The molecule has 0 saturated heterocycles. The molecule has 0 unspecified atom stereocenters. The number of hydrogen-bond acceptors (Lipinski definition) is 4. The van der Waals surface area contributed by atoms with Gasteiger partial charge in [0.1, 0.15) is 11.6 Å². The number of hydrogen-bond donors (Lipinski definition) is 1. The van der Waals surface area contributed by atoms with Gasteiger partial charge in [-0.3, -0.25) is 4.79 Å². The van der Waals surface area contributed by atoms with Crippen LogP contribution in [-0.4, -0.2) is 20.8 Å². The average Bonchev–Trinajstić information content (AvgIpc) is 2.52. The van der Waals surface area contributed by atoms with Gasteiger partial charge in [0.15, 0.2) is 17.4 Å². The molecule has 0 atom stereocenters. The number of carboxylic acid groups (broad SMARTS) is 1. The molecule has 0 saturated carbocycles. The minimum Gasteiger partial charge on any atom is -0.483 e. The molecular formula is C19H21F2NO3S. The molecule has 0 aliphatic heterocycles. The summed E-state index contributed by atoms with van der Waals surface area (Å²) < 4.78 is 33.7. The van der Waals surface area contributed by atoms with Crippen LogP contribution in [0.1, 0.15) is 38.3 Å². The number of carbonyl (C=O) groups is 1. The molecule has 26 heavy (non-hydrogen) atoms. The highest BCUT2D eigenvalue weighted by Crippen LogP contribution is 2.33. The summed E-state index contributed by atoms with van der Waals surface area (Å²) >= 11 is 1.55. The molecule has 0 amide bonds. The fourth-order valence-corrected chi connectivity index (χ4v) is 3.16. The molecule has 1 aromatic heterocycles. The standard InChI is InChI=1S/C19H21F2NO3S/c1-19(2,3)26-18-13(5-4-8-22-18)11-25-17-14(20)9-12(10-15(17)21)6-7-16(23)24/h4-5,8-10H,6-7,11H2,1-3H3,(H,23,24). The Morgan fingerprint density at radius 1 is 1.27 bits per heavy atom. The number of aromatic nitrogens is 1. The molecular weight excluding hydrogens is 360 g/mol. The number of benzene rings is 1. The lowest BCUT2D eigenvalue weighted by Gasteiger charge is -2.19. The van der Waals surface area contributed by atoms with Crippen LogP contribution >= 0.6 is 11.8 Å². The molecule has 0 radical (unpaired) electrons. The van der Waals surface area contributed by atoms with E-state index in [2.05, 4.69) is 4.98 Å². The molecule has 2 aromatic rings. The predicted octanol–water partition coefficient (Wildman–Crippen LogP) is 4.85. The quantitative estimate of drug-likeness (QED) is 0.695. The summed E-state index contributed by atoms with van der Waals surface area (Å²) in [6.45, 7) is 6.12. The van der Waals surface area contributed by atoms with Gasteiger partial charge < -0.3 is 9.84 Å². The van der Waals surface area contributed by atoms with Crippen LogP contribution in [0.15, 0.2) is 35.5 Å². The van der Waals surface area contributed by atoms with Gasteiger partial charge >= 0.3 is 5.97 Å². The van der Waals surface area contributed by atoms with Crippen LogP contribution in [0.4, 0.5) is 8.78 Å². The van der Waals surface area contributed by atoms with Crippen LogP contribution in [0.5, 0.6) is 5.75 Å². The van der Waals surface area contributed by atoms with Crippen LogP contribution < -0.4 is 4.74 Å². The van der Waals surface area contributed by atoms with E-state index in [-0.39, 0.29) is 29.8 Å². The zero-order chi connectivity index (χ0) is 19.3. The lowest BCUT2D eigenvalue weighted by molar-refractivity contribution is -0.136. The van der Waals surface area contributed by atoms with Crippen LogP contribution in [-0.2, 0) is 17.8 Å². The summed E-state index contributed by atoms with van der Waals surface area (Å²) in [6.07, 6.45) is 1.52. The number of thioether (sulfide) groups is 1. The largest absolute Gasteiger partial charge is 0.483 e. The summed E-state index contributed by atoms with van der Waals surface area (Å²) in [7, 11) is 0. The van der Waals surface area contributed by atoms with Gasteiger partial charge in [-0.05, 0) is 30.2 Å². The number of pyridine rings is 1. The Kier molecular flexibility index (Phi) is 6.58. The monoisotopic (exact) mass is 381 g/mol. The van der Waals surface area contributed by atoms with Crippen molar-refractivity contribution < 1.29 is 23.4 Å². The molecule has 4 nitrogen and oxygen atoms in total. The first-order valence-corrected chi connectivity index (χ1v) is 8.93. The molecule has 0 fully saturated rings. The van der Waals surface area contributed by atoms with Crippen molar-refractivity contribution in [3.63, 3.8) is 0 Å². The highest BCUT2D eigenvalue weighted by atomic mass is 32.2. The fourth-order valence-electron chi connectivity index (χ4n) is 2.21. The SMILES string of the molecule is CC(C)(C)Sc1ncccc1COc1c(F)cc(CCC(=O)O)cc1F. The van der Waals surface area contributed by atoms with Crippen LogP contribution in [0.2, 0.25) is 0 Å². The molecule has 140 valence electrons. The molecule has 0 bridgehead atoms. The van der Waals surface area contributed by atoms with Crippen molar-refractivity contribution in [1.82, 2.24) is 4.98 Å². The minimum absolute atomic E-state index is 0.0193. The van der Waals surface area contributed by atoms with Crippen molar-refractivity contribution in [3.8, 4) is 5.75 Å². The lowest BCUT2D eigenvalue weighted by Crippen LogP contribution is -2.10. The van der Waals surface area contributed by atoms with Crippen molar-refractivity contribution in [3.05, 3.63) is 53.2 Å². The van der Waals surface area contributed by atoms with Gasteiger partial charge in [-0.2, -0.15) is 0 Å². The fraction of sp³-hybridized carbons (Fsp3) is 0.368. The van der Waals surface area contributed by atoms with Crippen LogP contribution in [0.25, 0.3) is 0 Å². The van der Waals surface area contributed by atoms with E-state index in [0.29, 0.717) is 0 Å². The Morgan fingerprint density at radius 3 is 2.50 bits per heavy atom. The first kappa shape index (κ1) is 20.2. The third-order valence-electron chi connectivity index (χ3n) is 3.31. The van der Waals surface area contributed by atoms with Gasteiger partial charge in [0, 0.05) is 22.9 Å². The summed E-state index contributed by atoms with van der Waals surface area (Å²) in [5.74, 6) is -3.19. The normalized spacial score (nSPS) is 11.4. The molecule has 0 spiro atoms. The van der Waals surface area contributed by atoms with Crippen molar-refractivity contribution >= 4 is 17.7 Å². The van der Waals surface area contributed by atoms with E-state index in [9.17, 15) is 13.6 Å². The van der Waals surface area contributed by atoms with Crippen molar-refractivity contribution in [2.24, 2.45) is 0 Å². The molecule has 2 rings (SSSR count). The van der Waals surface area contributed by atoms with E-state index in [4.69, 9.17) is 9.84 Å². The number of aliphatic carboxylic acids is 1. The van der Waals surface area contributed by atoms with E-state index in [1.807, 2.05) is 20.8 Å². The van der Waals surface area contributed by atoms with E-state index in [1.54, 1.807) is 30.1 Å². The summed E-state index contributed by atoms with van der Waals surface area (Å²) in [6, 6.07) is 5.76.